The van der Waals surface area contributed by atoms with Crippen molar-refractivity contribution >= 4 is 38.8 Å². The average Bonchev–Trinajstić information content (AvgIpc) is 3.21. The van der Waals surface area contributed by atoms with Crippen LogP contribution in [0, 0.1) is 5.82 Å². The highest BCUT2D eigenvalue weighted by Gasteiger charge is 2.34. The first-order valence-corrected chi connectivity index (χ1v) is 11.5. The number of halogens is 1. The Morgan fingerprint density at radius 3 is 2.64 bits per heavy atom. The number of sulfone groups is 1. The number of benzene rings is 1. The van der Waals surface area contributed by atoms with Crippen molar-refractivity contribution in [1.29, 1.82) is 0 Å². The van der Waals surface area contributed by atoms with Gasteiger partial charge in [-0.05, 0) is 42.1 Å². The van der Waals surface area contributed by atoms with Crippen molar-refractivity contribution < 1.29 is 17.6 Å². The van der Waals surface area contributed by atoms with Gasteiger partial charge in [0.2, 0.25) is 5.91 Å². The van der Waals surface area contributed by atoms with E-state index in [9.17, 15) is 17.6 Å². The van der Waals surface area contributed by atoms with Crippen LogP contribution in [0.25, 0.3) is 0 Å². The monoisotopic (exact) mass is 399 g/mol. The zero-order valence-electron chi connectivity index (χ0n) is 13.4. The summed E-state index contributed by atoms with van der Waals surface area (Å²) in [7, 11) is -3.06. The SMILES string of the molecule is O=C(CSc1ccc(F)cc1)N(Cc1cccs1)C1CCS(=O)(=O)C1. The molecule has 0 radical (unpaired) electrons. The molecule has 0 bridgehead atoms. The summed E-state index contributed by atoms with van der Waals surface area (Å²) in [5, 5.41) is 1.94. The molecular weight excluding hydrogens is 381 g/mol. The summed E-state index contributed by atoms with van der Waals surface area (Å²) in [5.74, 6) is -0.0356. The fourth-order valence-electron chi connectivity index (χ4n) is 2.77. The molecule has 0 spiro atoms. The number of thioether (sulfide) groups is 1. The second-order valence-corrected chi connectivity index (χ2v) is 10.2. The van der Waals surface area contributed by atoms with Crippen LogP contribution in [0.5, 0.6) is 0 Å². The third kappa shape index (κ3) is 5.05. The van der Waals surface area contributed by atoms with Crippen LogP contribution in [-0.2, 0) is 21.2 Å². The van der Waals surface area contributed by atoms with Crippen LogP contribution in [0.15, 0.2) is 46.7 Å². The van der Waals surface area contributed by atoms with Gasteiger partial charge < -0.3 is 4.90 Å². The molecule has 1 aliphatic rings. The van der Waals surface area contributed by atoms with Crippen molar-refractivity contribution in [2.45, 2.75) is 23.9 Å². The van der Waals surface area contributed by atoms with E-state index in [2.05, 4.69) is 0 Å². The third-order valence-corrected chi connectivity index (χ3v) is 7.66. The summed E-state index contributed by atoms with van der Waals surface area (Å²) >= 11 is 2.88. The topological polar surface area (TPSA) is 54.5 Å². The molecule has 8 heteroatoms. The molecule has 1 aliphatic heterocycles. The normalized spacial score (nSPS) is 19.0. The molecule has 4 nitrogen and oxygen atoms in total. The first-order chi connectivity index (χ1) is 11.9. The van der Waals surface area contributed by atoms with Crippen molar-refractivity contribution in [1.82, 2.24) is 4.90 Å². The van der Waals surface area contributed by atoms with E-state index in [1.54, 1.807) is 28.4 Å². The molecule has 1 unspecified atom stereocenters. The number of amides is 1. The van der Waals surface area contributed by atoms with Gasteiger partial charge in [-0.15, -0.1) is 23.1 Å². The minimum atomic E-state index is -3.06. The van der Waals surface area contributed by atoms with Crippen LogP contribution in [0.3, 0.4) is 0 Å². The smallest absolute Gasteiger partial charge is 0.233 e. The summed E-state index contributed by atoms with van der Waals surface area (Å²) in [4.78, 5) is 16.3. The average molecular weight is 400 g/mol. The molecule has 134 valence electrons. The predicted molar refractivity (Wildman–Crippen MR) is 99.1 cm³/mol. The molecule has 1 aromatic heterocycles. The zero-order chi connectivity index (χ0) is 17.9. The van der Waals surface area contributed by atoms with E-state index < -0.39 is 9.84 Å². The molecule has 0 saturated carbocycles. The van der Waals surface area contributed by atoms with E-state index in [-0.39, 0.29) is 35.0 Å². The summed E-state index contributed by atoms with van der Waals surface area (Å²) in [5.41, 5.74) is 0. The molecule has 2 heterocycles. The van der Waals surface area contributed by atoms with E-state index >= 15 is 0 Å². The van der Waals surface area contributed by atoms with Crippen LogP contribution in [0.2, 0.25) is 0 Å². The number of carbonyl (C=O) groups is 1. The number of carbonyl (C=O) groups excluding carboxylic acids is 1. The number of hydrogen-bond donors (Lipinski definition) is 0. The van der Waals surface area contributed by atoms with Gasteiger partial charge in [0.15, 0.2) is 9.84 Å². The molecule has 2 aromatic rings. The molecule has 1 atom stereocenters. The number of rotatable bonds is 6. The van der Waals surface area contributed by atoms with Gasteiger partial charge in [-0.1, -0.05) is 6.07 Å². The van der Waals surface area contributed by atoms with Gasteiger partial charge in [0.05, 0.1) is 23.8 Å². The summed E-state index contributed by atoms with van der Waals surface area (Å²) < 4.78 is 36.6. The van der Waals surface area contributed by atoms with Gasteiger partial charge in [0.1, 0.15) is 5.82 Å². The third-order valence-electron chi connectivity index (χ3n) is 4.05. The van der Waals surface area contributed by atoms with E-state index in [0.29, 0.717) is 13.0 Å². The maximum absolute atomic E-state index is 13.0. The maximum atomic E-state index is 13.0. The molecule has 3 rings (SSSR count). The van der Waals surface area contributed by atoms with E-state index in [1.807, 2.05) is 17.5 Å². The lowest BCUT2D eigenvalue weighted by molar-refractivity contribution is -0.130. The van der Waals surface area contributed by atoms with Crippen molar-refractivity contribution in [2.75, 3.05) is 17.3 Å². The van der Waals surface area contributed by atoms with E-state index in [1.165, 1.54) is 23.9 Å². The Hall–Kier alpha value is -1.38. The minimum absolute atomic E-state index is 0.0331. The van der Waals surface area contributed by atoms with E-state index in [0.717, 1.165) is 9.77 Å². The first kappa shape index (κ1) is 18.4. The van der Waals surface area contributed by atoms with Crippen molar-refractivity contribution in [2.24, 2.45) is 0 Å². The summed E-state index contributed by atoms with van der Waals surface area (Å²) in [6.45, 7) is 0.431. The Kier molecular flexibility index (Phi) is 5.81. The fraction of sp³-hybridized carbons (Fsp3) is 0.353. The molecule has 1 aromatic carbocycles. The number of thiophene rings is 1. The quantitative estimate of drug-likeness (QED) is 0.700. The summed E-state index contributed by atoms with van der Waals surface area (Å²) in [6, 6.07) is 9.59. The van der Waals surface area contributed by atoms with Crippen molar-refractivity contribution in [3.05, 3.63) is 52.5 Å². The van der Waals surface area contributed by atoms with Gasteiger partial charge in [-0.25, -0.2) is 12.8 Å². The lowest BCUT2D eigenvalue weighted by Crippen LogP contribution is -2.41. The molecular formula is C17H18FNO3S3. The Labute approximate surface area is 155 Å². The lowest BCUT2D eigenvalue weighted by atomic mass is 10.2. The number of nitrogens with zero attached hydrogens (tertiary/aromatic N) is 1. The van der Waals surface area contributed by atoms with Crippen molar-refractivity contribution in [3.63, 3.8) is 0 Å². The summed E-state index contributed by atoms with van der Waals surface area (Å²) in [6.07, 6.45) is 0.487. The Morgan fingerprint density at radius 1 is 1.28 bits per heavy atom. The highest BCUT2D eigenvalue weighted by Crippen LogP contribution is 2.24. The maximum Gasteiger partial charge on any atom is 0.233 e. The molecule has 0 aliphatic carbocycles. The lowest BCUT2D eigenvalue weighted by Gasteiger charge is -2.28. The highest BCUT2D eigenvalue weighted by atomic mass is 32.2. The molecule has 1 saturated heterocycles. The van der Waals surface area contributed by atoms with Crippen LogP contribution in [0.4, 0.5) is 4.39 Å². The van der Waals surface area contributed by atoms with Crippen LogP contribution >= 0.6 is 23.1 Å². The Bertz CT molecular complexity index is 819. The molecule has 1 amide bonds. The Morgan fingerprint density at radius 2 is 2.04 bits per heavy atom. The highest BCUT2D eigenvalue weighted by molar-refractivity contribution is 8.00. The van der Waals surface area contributed by atoms with Gasteiger partial charge in [-0.3, -0.25) is 4.79 Å². The van der Waals surface area contributed by atoms with E-state index in [4.69, 9.17) is 0 Å². The van der Waals surface area contributed by atoms with Crippen molar-refractivity contribution in [3.8, 4) is 0 Å². The zero-order valence-corrected chi connectivity index (χ0v) is 15.9. The van der Waals surface area contributed by atoms with Gasteiger partial charge in [-0.2, -0.15) is 0 Å². The van der Waals surface area contributed by atoms with Crippen LogP contribution in [-0.4, -0.2) is 42.5 Å². The van der Waals surface area contributed by atoms with Crippen LogP contribution < -0.4 is 0 Å². The number of hydrogen-bond acceptors (Lipinski definition) is 5. The molecule has 0 N–H and O–H groups in total. The van der Waals surface area contributed by atoms with Gasteiger partial charge in [0.25, 0.3) is 0 Å². The van der Waals surface area contributed by atoms with Gasteiger partial charge >= 0.3 is 0 Å². The largest absolute Gasteiger partial charge is 0.333 e. The minimum Gasteiger partial charge on any atom is -0.333 e. The standard InChI is InChI=1S/C17H18FNO3S3/c18-13-3-5-15(6-4-13)24-11-17(20)19(10-16-2-1-8-23-16)14-7-9-25(21,22)12-14/h1-6,8,14H,7,9-12H2. The molecule has 1 fully saturated rings. The Balaban J connectivity index is 1.69. The van der Waals surface area contributed by atoms with Crippen LogP contribution in [0.1, 0.15) is 11.3 Å². The second-order valence-electron chi connectivity index (χ2n) is 5.90. The fourth-order valence-corrected chi connectivity index (χ4v) is 5.99. The first-order valence-electron chi connectivity index (χ1n) is 7.83. The molecule has 25 heavy (non-hydrogen) atoms. The second kappa shape index (κ2) is 7.88. The predicted octanol–water partition coefficient (Wildman–Crippen LogP) is 3.20. The van der Waals surface area contributed by atoms with Gasteiger partial charge in [0, 0.05) is 15.8 Å².